The molecule has 0 amide bonds. The van der Waals surface area contributed by atoms with Crippen molar-refractivity contribution in [3.63, 3.8) is 0 Å². The lowest BCUT2D eigenvalue weighted by molar-refractivity contribution is -0.119. The normalized spacial score (nSPS) is 10.8. The molecule has 0 saturated carbocycles. The molecule has 3 heteroatoms. The van der Waals surface area contributed by atoms with Crippen LogP contribution in [-0.2, 0) is 17.8 Å². The summed E-state index contributed by atoms with van der Waals surface area (Å²) in [6.07, 6.45) is 0.501. The number of hydrogen-bond acceptors (Lipinski definition) is 2. The van der Waals surface area contributed by atoms with Crippen molar-refractivity contribution < 1.29 is 4.79 Å². The molecule has 2 aromatic carbocycles. The summed E-state index contributed by atoms with van der Waals surface area (Å²) in [6, 6.07) is 18.0. The van der Waals surface area contributed by atoms with Crippen LogP contribution in [0, 0.1) is 0 Å². The van der Waals surface area contributed by atoms with Crippen molar-refractivity contribution in [2.45, 2.75) is 13.0 Å². The molecule has 0 N–H and O–H groups in total. The minimum absolute atomic E-state index is 0.241. The number of carbonyl (C=O) groups is 1. The SMILES string of the molecule is CN(CC(=O)Cc1ccccc1)Cc1ccccc1Br. The van der Waals surface area contributed by atoms with Gasteiger partial charge in [-0.2, -0.15) is 0 Å². The van der Waals surface area contributed by atoms with E-state index >= 15 is 0 Å². The molecule has 0 aliphatic heterocycles. The van der Waals surface area contributed by atoms with Gasteiger partial charge in [-0.1, -0.05) is 64.5 Å². The van der Waals surface area contributed by atoms with Crippen molar-refractivity contribution in [1.82, 2.24) is 4.90 Å². The topological polar surface area (TPSA) is 20.3 Å². The number of rotatable bonds is 6. The molecule has 0 bridgehead atoms. The number of likely N-dealkylation sites (N-methyl/N-ethyl adjacent to an activating group) is 1. The van der Waals surface area contributed by atoms with E-state index in [2.05, 4.69) is 22.0 Å². The van der Waals surface area contributed by atoms with Gasteiger partial charge in [0.05, 0.1) is 6.54 Å². The predicted molar refractivity (Wildman–Crippen MR) is 85.6 cm³/mol. The monoisotopic (exact) mass is 331 g/mol. The van der Waals surface area contributed by atoms with Gasteiger partial charge >= 0.3 is 0 Å². The number of benzene rings is 2. The molecule has 0 saturated heterocycles. The average Bonchev–Trinajstić information content (AvgIpc) is 2.42. The number of ketones is 1. The fraction of sp³-hybridized carbons (Fsp3) is 0.235. The van der Waals surface area contributed by atoms with Crippen LogP contribution in [0.2, 0.25) is 0 Å². The number of halogens is 1. The zero-order valence-electron chi connectivity index (χ0n) is 11.6. The number of hydrogen-bond donors (Lipinski definition) is 0. The maximum atomic E-state index is 12.0. The van der Waals surface area contributed by atoms with E-state index in [1.54, 1.807) is 0 Å². The predicted octanol–water partition coefficient (Wildman–Crippen LogP) is 3.69. The highest BCUT2D eigenvalue weighted by molar-refractivity contribution is 9.10. The first-order valence-corrected chi connectivity index (χ1v) is 7.42. The highest BCUT2D eigenvalue weighted by Crippen LogP contribution is 2.17. The molecule has 2 nitrogen and oxygen atoms in total. The second-order valence-electron chi connectivity index (χ2n) is 4.96. The summed E-state index contributed by atoms with van der Waals surface area (Å²) in [5, 5.41) is 0. The minimum Gasteiger partial charge on any atom is -0.298 e. The first-order chi connectivity index (χ1) is 9.65. The standard InChI is InChI=1S/C17H18BrNO/c1-19(12-15-9-5-6-10-17(15)18)13-16(20)11-14-7-3-2-4-8-14/h2-10H,11-13H2,1H3. The molecule has 20 heavy (non-hydrogen) atoms. The largest absolute Gasteiger partial charge is 0.298 e. The van der Waals surface area contributed by atoms with Crippen LogP contribution in [0.3, 0.4) is 0 Å². The van der Waals surface area contributed by atoms with E-state index in [9.17, 15) is 4.79 Å². The van der Waals surface area contributed by atoms with E-state index in [-0.39, 0.29) is 5.78 Å². The molecule has 2 aromatic rings. The zero-order chi connectivity index (χ0) is 14.4. The zero-order valence-corrected chi connectivity index (χ0v) is 13.1. The lowest BCUT2D eigenvalue weighted by Crippen LogP contribution is -2.26. The molecule has 0 radical (unpaired) electrons. The van der Waals surface area contributed by atoms with Crippen molar-refractivity contribution in [1.29, 1.82) is 0 Å². The summed E-state index contributed by atoms with van der Waals surface area (Å²) in [7, 11) is 1.97. The molecule has 0 aliphatic carbocycles. The second-order valence-corrected chi connectivity index (χ2v) is 5.82. The second kappa shape index (κ2) is 7.36. The van der Waals surface area contributed by atoms with Crippen LogP contribution < -0.4 is 0 Å². The van der Waals surface area contributed by atoms with Crippen LogP contribution in [0.4, 0.5) is 0 Å². The van der Waals surface area contributed by atoms with E-state index in [1.807, 2.05) is 60.5 Å². The van der Waals surface area contributed by atoms with E-state index in [0.29, 0.717) is 13.0 Å². The van der Waals surface area contributed by atoms with Crippen molar-refractivity contribution in [3.8, 4) is 0 Å². The molecule has 0 aliphatic rings. The fourth-order valence-corrected chi connectivity index (χ4v) is 2.56. The summed E-state index contributed by atoms with van der Waals surface area (Å²) in [5.41, 5.74) is 2.27. The Hall–Kier alpha value is -1.45. The first kappa shape index (κ1) is 14.9. The third-order valence-corrected chi connectivity index (χ3v) is 3.86. The third kappa shape index (κ3) is 4.58. The van der Waals surface area contributed by atoms with Gasteiger partial charge in [-0.25, -0.2) is 0 Å². The quantitative estimate of drug-likeness (QED) is 0.804. The summed E-state index contributed by atoms with van der Waals surface area (Å²) in [4.78, 5) is 14.1. The Morgan fingerprint density at radius 2 is 1.70 bits per heavy atom. The van der Waals surface area contributed by atoms with Crippen LogP contribution >= 0.6 is 15.9 Å². The van der Waals surface area contributed by atoms with Crippen molar-refractivity contribution in [3.05, 3.63) is 70.2 Å². The Balaban J connectivity index is 1.87. The average molecular weight is 332 g/mol. The number of Topliss-reactive ketones (excluding diaryl/α,β-unsaturated/α-hetero) is 1. The Morgan fingerprint density at radius 3 is 2.40 bits per heavy atom. The van der Waals surface area contributed by atoms with Crippen LogP contribution in [0.1, 0.15) is 11.1 Å². The molecule has 0 unspecified atom stereocenters. The molecule has 0 atom stereocenters. The molecule has 0 spiro atoms. The highest BCUT2D eigenvalue weighted by atomic mass is 79.9. The first-order valence-electron chi connectivity index (χ1n) is 6.63. The smallest absolute Gasteiger partial charge is 0.151 e. The fourth-order valence-electron chi connectivity index (χ4n) is 2.15. The molecule has 0 aromatic heterocycles. The molecular formula is C17H18BrNO. The highest BCUT2D eigenvalue weighted by Gasteiger charge is 2.09. The molecular weight excluding hydrogens is 314 g/mol. The molecule has 104 valence electrons. The van der Waals surface area contributed by atoms with Gasteiger partial charge < -0.3 is 0 Å². The molecule has 0 fully saturated rings. The lowest BCUT2D eigenvalue weighted by atomic mass is 10.1. The summed E-state index contributed by atoms with van der Waals surface area (Å²) < 4.78 is 1.09. The van der Waals surface area contributed by atoms with Crippen molar-refractivity contribution >= 4 is 21.7 Å². The van der Waals surface area contributed by atoms with Gasteiger partial charge in [0.25, 0.3) is 0 Å². The van der Waals surface area contributed by atoms with Gasteiger partial charge in [0.2, 0.25) is 0 Å². The van der Waals surface area contributed by atoms with E-state index < -0.39 is 0 Å². The third-order valence-electron chi connectivity index (χ3n) is 3.09. The maximum absolute atomic E-state index is 12.0. The Labute approximate surface area is 128 Å². The number of carbonyl (C=O) groups excluding carboxylic acids is 1. The molecule has 2 rings (SSSR count). The van der Waals surface area contributed by atoms with Crippen molar-refractivity contribution in [2.24, 2.45) is 0 Å². The van der Waals surface area contributed by atoms with Gasteiger partial charge in [0.1, 0.15) is 0 Å². The summed E-state index contributed by atoms with van der Waals surface area (Å²) in [5.74, 6) is 0.241. The molecule has 0 heterocycles. The summed E-state index contributed by atoms with van der Waals surface area (Å²) in [6.45, 7) is 1.23. The van der Waals surface area contributed by atoms with E-state index in [1.165, 1.54) is 5.56 Å². The van der Waals surface area contributed by atoms with Gasteiger partial charge in [-0.3, -0.25) is 9.69 Å². The maximum Gasteiger partial charge on any atom is 0.151 e. The minimum atomic E-state index is 0.241. The van der Waals surface area contributed by atoms with E-state index in [4.69, 9.17) is 0 Å². The van der Waals surface area contributed by atoms with Crippen LogP contribution in [0.25, 0.3) is 0 Å². The Bertz CT molecular complexity index is 568. The number of nitrogens with zero attached hydrogens (tertiary/aromatic N) is 1. The van der Waals surface area contributed by atoms with Crippen LogP contribution in [-0.4, -0.2) is 24.3 Å². The van der Waals surface area contributed by atoms with E-state index in [0.717, 1.165) is 16.6 Å². The van der Waals surface area contributed by atoms with Gasteiger partial charge in [0, 0.05) is 17.4 Å². The lowest BCUT2D eigenvalue weighted by Gasteiger charge is -2.16. The van der Waals surface area contributed by atoms with Gasteiger partial charge in [-0.05, 0) is 24.2 Å². The van der Waals surface area contributed by atoms with Gasteiger partial charge in [0.15, 0.2) is 5.78 Å². The van der Waals surface area contributed by atoms with Gasteiger partial charge in [-0.15, -0.1) is 0 Å². The Kier molecular flexibility index (Phi) is 5.50. The van der Waals surface area contributed by atoms with Crippen molar-refractivity contribution in [2.75, 3.05) is 13.6 Å². The summed E-state index contributed by atoms with van der Waals surface area (Å²) >= 11 is 3.53. The van der Waals surface area contributed by atoms with Crippen LogP contribution in [0.5, 0.6) is 0 Å². The Morgan fingerprint density at radius 1 is 1.05 bits per heavy atom. The van der Waals surface area contributed by atoms with Crippen LogP contribution in [0.15, 0.2) is 59.1 Å².